The number of hydrogen-bond donors (Lipinski definition) is 1. The number of halogens is 2. The maximum absolute atomic E-state index is 6.09. The molecule has 2 nitrogen and oxygen atoms in total. The summed E-state index contributed by atoms with van der Waals surface area (Å²) in [6.45, 7) is 4.47. The molecule has 1 atom stereocenters. The zero-order valence-electron chi connectivity index (χ0n) is 8.89. The molecule has 0 unspecified atom stereocenters. The maximum atomic E-state index is 6.09. The molecule has 0 aliphatic heterocycles. The zero-order valence-corrected chi connectivity index (χ0v) is 10.4. The first-order valence-electron chi connectivity index (χ1n) is 4.97. The van der Waals surface area contributed by atoms with Crippen LogP contribution in [0.5, 0.6) is 5.75 Å². The van der Waals surface area contributed by atoms with Crippen molar-refractivity contribution in [3.63, 3.8) is 0 Å². The van der Waals surface area contributed by atoms with E-state index in [4.69, 9.17) is 33.7 Å². The quantitative estimate of drug-likeness (QED) is 0.879. The Bertz CT molecular complexity index is 342. The fourth-order valence-electron chi connectivity index (χ4n) is 1.31. The van der Waals surface area contributed by atoms with Crippen LogP contribution in [0.15, 0.2) is 12.1 Å². The van der Waals surface area contributed by atoms with Crippen LogP contribution in [0.4, 0.5) is 0 Å². The van der Waals surface area contributed by atoms with Gasteiger partial charge in [0.05, 0.1) is 11.6 Å². The molecule has 1 aromatic rings. The Morgan fingerprint density at radius 2 is 1.93 bits per heavy atom. The molecule has 1 aromatic carbocycles. The van der Waals surface area contributed by atoms with E-state index in [0.29, 0.717) is 22.4 Å². The zero-order chi connectivity index (χ0) is 11.4. The summed E-state index contributed by atoms with van der Waals surface area (Å²) in [6, 6.07) is 3.42. The van der Waals surface area contributed by atoms with Crippen molar-refractivity contribution < 1.29 is 4.74 Å². The molecule has 4 heteroatoms. The number of hydrogen-bond acceptors (Lipinski definition) is 2. The Morgan fingerprint density at radius 3 is 2.47 bits per heavy atom. The molecule has 0 saturated heterocycles. The summed E-state index contributed by atoms with van der Waals surface area (Å²) in [5, 5.41) is 1.16. The van der Waals surface area contributed by atoms with Gasteiger partial charge in [-0.15, -0.1) is 0 Å². The predicted octanol–water partition coefficient (Wildman–Crippen LogP) is 3.80. The molecule has 84 valence electrons. The van der Waals surface area contributed by atoms with Crippen molar-refractivity contribution in [1.29, 1.82) is 0 Å². The molecule has 15 heavy (non-hydrogen) atoms. The van der Waals surface area contributed by atoms with Crippen LogP contribution in [0.1, 0.15) is 31.9 Å². The van der Waals surface area contributed by atoms with Gasteiger partial charge in [0.25, 0.3) is 0 Å². The molecular formula is C11H15Cl2NO. The van der Waals surface area contributed by atoms with E-state index < -0.39 is 0 Å². The maximum Gasteiger partial charge on any atom is 0.139 e. The van der Waals surface area contributed by atoms with Gasteiger partial charge in [-0.25, -0.2) is 0 Å². The van der Waals surface area contributed by atoms with Gasteiger partial charge in [0.2, 0.25) is 0 Å². The van der Waals surface area contributed by atoms with E-state index in [0.717, 1.165) is 12.0 Å². The summed E-state index contributed by atoms with van der Waals surface area (Å²) in [6.07, 6.45) is 0.823. The van der Waals surface area contributed by atoms with Gasteiger partial charge in [0, 0.05) is 17.1 Å². The average Bonchev–Trinajstić information content (AvgIpc) is 2.22. The fourth-order valence-corrected chi connectivity index (χ4v) is 1.83. The van der Waals surface area contributed by atoms with Crippen LogP contribution in [0.3, 0.4) is 0 Å². The molecule has 0 fully saturated rings. The summed E-state index contributed by atoms with van der Waals surface area (Å²) in [5.74, 6) is 0.608. The van der Waals surface area contributed by atoms with Gasteiger partial charge in [0.15, 0.2) is 0 Å². The van der Waals surface area contributed by atoms with Crippen LogP contribution in [0.25, 0.3) is 0 Å². The van der Waals surface area contributed by atoms with E-state index in [1.807, 2.05) is 13.8 Å². The molecular weight excluding hydrogens is 233 g/mol. The lowest BCUT2D eigenvalue weighted by molar-refractivity contribution is 0.340. The lowest BCUT2D eigenvalue weighted by atomic mass is 10.1. The van der Waals surface area contributed by atoms with Crippen molar-refractivity contribution in [2.75, 3.05) is 6.61 Å². The van der Waals surface area contributed by atoms with Gasteiger partial charge in [-0.05, 0) is 25.0 Å². The average molecular weight is 248 g/mol. The summed E-state index contributed by atoms with van der Waals surface area (Å²) in [7, 11) is 0. The highest BCUT2D eigenvalue weighted by Gasteiger charge is 2.12. The Kier molecular flexibility index (Phi) is 4.71. The first kappa shape index (κ1) is 12.6. The van der Waals surface area contributed by atoms with Crippen molar-refractivity contribution >= 4 is 23.2 Å². The third-order valence-corrected chi connectivity index (χ3v) is 2.81. The third-order valence-electron chi connectivity index (χ3n) is 2.19. The highest BCUT2D eigenvalue weighted by atomic mass is 35.5. The van der Waals surface area contributed by atoms with Crippen molar-refractivity contribution in [2.24, 2.45) is 5.73 Å². The van der Waals surface area contributed by atoms with Crippen LogP contribution in [-0.2, 0) is 0 Å². The van der Waals surface area contributed by atoms with Crippen molar-refractivity contribution in [3.05, 3.63) is 27.7 Å². The van der Waals surface area contributed by atoms with Crippen molar-refractivity contribution in [2.45, 2.75) is 26.3 Å². The van der Waals surface area contributed by atoms with E-state index in [1.165, 1.54) is 0 Å². The Morgan fingerprint density at radius 1 is 1.27 bits per heavy atom. The van der Waals surface area contributed by atoms with Gasteiger partial charge < -0.3 is 10.5 Å². The highest BCUT2D eigenvalue weighted by molar-refractivity contribution is 6.34. The molecule has 0 saturated carbocycles. The lowest BCUT2D eigenvalue weighted by Crippen LogP contribution is -2.09. The van der Waals surface area contributed by atoms with Crippen LogP contribution in [0.2, 0.25) is 10.0 Å². The Balaban J connectivity index is 3.07. The van der Waals surface area contributed by atoms with E-state index in [2.05, 4.69) is 0 Å². The summed E-state index contributed by atoms with van der Waals surface area (Å²) in [4.78, 5) is 0. The topological polar surface area (TPSA) is 35.2 Å². The largest absolute Gasteiger partial charge is 0.492 e. The van der Waals surface area contributed by atoms with E-state index in [1.54, 1.807) is 12.1 Å². The van der Waals surface area contributed by atoms with Crippen LogP contribution >= 0.6 is 23.2 Å². The highest BCUT2D eigenvalue weighted by Crippen LogP contribution is 2.34. The van der Waals surface area contributed by atoms with E-state index >= 15 is 0 Å². The van der Waals surface area contributed by atoms with Crippen molar-refractivity contribution in [1.82, 2.24) is 0 Å². The monoisotopic (exact) mass is 247 g/mol. The minimum atomic E-state index is -0.0781. The van der Waals surface area contributed by atoms with Crippen molar-refractivity contribution in [3.8, 4) is 5.75 Å². The molecule has 0 aliphatic rings. The number of benzene rings is 1. The second-order valence-electron chi connectivity index (χ2n) is 3.25. The summed E-state index contributed by atoms with van der Waals surface area (Å²) in [5.41, 5.74) is 6.77. The first-order valence-corrected chi connectivity index (χ1v) is 5.73. The summed E-state index contributed by atoms with van der Waals surface area (Å²) >= 11 is 12.1. The SMILES string of the molecule is CCOc1cc(Cl)c([C@H](N)CC)cc1Cl. The first-order chi connectivity index (χ1) is 7.10. The molecule has 0 radical (unpaired) electrons. The molecule has 0 bridgehead atoms. The molecule has 2 N–H and O–H groups in total. The summed E-state index contributed by atoms with van der Waals surface area (Å²) < 4.78 is 5.33. The minimum absolute atomic E-state index is 0.0781. The molecule has 0 aliphatic carbocycles. The molecule has 0 spiro atoms. The Labute approximate surface area is 100 Å². The minimum Gasteiger partial charge on any atom is -0.492 e. The van der Waals surface area contributed by atoms with Gasteiger partial charge in [-0.2, -0.15) is 0 Å². The molecule has 0 aromatic heterocycles. The second-order valence-corrected chi connectivity index (χ2v) is 4.07. The standard InChI is InChI=1S/C11H15Cl2NO/c1-3-10(14)7-5-9(13)11(15-4-2)6-8(7)12/h5-6,10H,3-4,14H2,1-2H3/t10-/m1/s1. The van der Waals surface area contributed by atoms with E-state index in [-0.39, 0.29) is 6.04 Å². The lowest BCUT2D eigenvalue weighted by Gasteiger charge is -2.14. The van der Waals surface area contributed by atoms with Gasteiger partial charge in [-0.1, -0.05) is 30.1 Å². The molecule has 1 rings (SSSR count). The molecule has 0 amide bonds. The number of ether oxygens (including phenoxy) is 1. The second kappa shape index (κ2) is 5.59. The Hall–Kier alpha value is -0.440. The van der Waals surface area contributed by atoms with Gasteiger partial charge in [-0.3, -0.25) is 0 Å². The van der Waals surface area contributed by atoms with Crippen LogP contribution in [0, 0.1) is 0 Å². The van der Waals surface area contributed by atoms with Gasteiger partial charge >= 0.3 is 0 Å². The van der Waals surface area contributed by atoms with Gasteiger partial charge in [0.1, 0.15) is 5.75 Å². The fraction of sp³-hybridized carbons (Fsp3) is 0.455. The van der Waals surface area contributed by atoms with Crippen LogP contribution in [-0.4, -0.2) is 6.61 Å². The molecule has 0 heterocycles. The normalized spacial score (nSPS) is 12.6. The van der Waals surface area contributed by atoms with E-state index in [9.17, 15) is 0 Å². The third kappa shape index (κ3) is 3.00. The number of rotatable bonds is 4. The van der Waals surface area contributed by atoms with Crippen LogP contribution < -0.4 is 10.5 Å². The smallest absolute Gasteiger partial charge is 0.139 e. The predicted molar refractivity (Wildman–Crippen MR) is 64.9 cm³/mol. The number of nitrogens with two attached hydrogens (primary N) is 1.